The quantitative estimate of drug-likeness (QED) is 0.612. The van der Waals surface area contributed by atoms with E-state index in [-0.39, 0.29) is 16.9 Å². The van der Waals surface area contributed by atoms with Gasteiger partial charge < -0.3 is 15.8 Å². The molecule has 33 heavy (non-hydrogen) atoms. The number of thioether (sulfide) groups is 1. The molecule has 1 aromatic carbocycles. The molecule has 2 heterocycles. The van der Waals surface area contributed by atoms with Crippen molar-refractivity contribution in [1.82, 2.24) is 4.98 Å². The zero-order valence-corrected chi connectivity index (χ0v) is 18.5. The zero-order chi connectivity index (χ0) is 24.7. The summed E-state index contributed by atoms with van der Waals surface area (Å²) in [5.41, 5.74) is 5.05. The van der Waals surface area contributed by atoms with Crippen molar-refractivity contribution < 1.29 is 36.3 Å². The van der Waals surface area contributed by atoms with Crippen LogP contribution < -0.4 is 15.8 Å². The Balaban J connectivity index is 2.07. The van der Waals surface area contributed by atoms with Crippen LogP contribution >= 0.6 is 11.8 Å². The second kappa shape index (κ2) is 8.81. The van der Waals surface area contributed by atoms with Crippen molar-refractivity contribution in [3.05, 3.63) is 53.4 Å². The molecule has 0 saturated carbocycles. The van der Waals surface area contributed by atoms with Crippen LogP contribution in [0.25, 0.3) is 0 Å². The van der Waals surface area contributed by atoms with Crippen LogP contribution in [0, 0.1) is 17.6 Å². The fraction of sp³-hybridized carbons (Fsp3) is 0.381. The zero-order valence-electron chi connectivity index (χ0n) is 17.7. The number of rotatable bonds is 5. The molecule has 0 spiro atoms. The number of amides is 2. The smallest absolute Gasteiger partial charge is 0.403 e. The Morgan fingerprint density at radius 3 is 2.48 bits per heavy atom. The van der Waals surface area contributed by atoms with E-state index in [4.69, 9.17) is 10.5 Å². The van der Waals surface area contributed by atoms with Crippen LogP contribution in [0.2, 0.25) is 0 Å². The average molecular weight is 489 g/mol. The molecule has 2 amide bonds. The number of halogens is 5. The molecule has 3 N–H and O–H groups in total. The van der Waals surface area contributed by atoms with Crippen LogP contribution in [0.4, 0.5) is 27.6 Å². The molecule has 1 saturated heterocycles. The molecule has 178 valence electrons. The number of methoxy groups -OCH3 is 1. The summed E-state index contributed by atoms with van der Waals surface area (Å²) in [6, 6.07) is 4.42. The summed E-state index contributed by atoms with van der Waals surface area (Å²) in [6.07, 6.45) is -3.50. The first-order chi connectivity index (χ1) is 15.3. The molecule has 3 rings (SSSR count). The fourth-order valence-corrected chi connectivity index (χ4v) is 5.61. The SMILES string of the molecule is COc1c([C@H]2[C@H](C(=O)Nc3ccnc(C(N)=O)c3)S[C@@](C)(C(F)(F)F)[C@H]2C)ccc(F)c1F. The van der Waals surface area contributed by atoms with E-state index in [2.05, 4.69) is 10.3 Å². The lowest BCUT2D eigenvalue weighted by Gasteiger charge is -2.32. The molecule has 0 unspecified atom stereocenters. The third kappa shape index (κ3) is 4.35. The van der Waals surface area contributed by atoms with Crippen molar-refractivity contribution >= 4 is 29.3 Å². The third-order valence-corrected chi connectivity index (χ3v) is 7.70. The van der Waals surface area contributed by atoms with Gasteiger partial charge in [-0.25, -0.2) is 4.39 Å². The molecule has 0 radical (unpaired) electrons. The summed E-state index contributed by atoms with van der Waals surface area (Å²) in [5.74, 6) is -7.21. The van der Waals surface area contributed by atoms with E-state index in [0.29, 0.717) is 11.8 Å². The number of alkyl halides is 3. The highest BCUT2D eigenvalue weighted by atomic mass is 32.2. The predicted octanol–water partition coefficient (Wildman–Crippen LogP) is 4.26. The Morgan fingerprint density at radius 1 is 1.24 bits per heavy atom. The van der Waals surface area contributed by atoms with Crippen molar-refractivity contribution in [2.45, 2.75) is 35.9 Å². The van der Waals surface area contributed by atoms with Crippen LogP contribution in [0.3, 0.4) is 0 Å². The first-order valence-electron chi connectivity index (χ1n) is 9.65. The monoisotopic (exact) mass is 489 g/mol. The maximum Gasteiger partial charge on any atom is 0.403 e. The number of pyridine rings is 1. The number of nitrogens with zero attached hydrogens (tertiary/aromatic N) is 1. The van der Waals surface area contributed by atoms with Gasteiger partial charge in [0, 0.05) is 23.4 Å². The lowest BCUT2D eigenvalue weighted by molar-refractivity contribution is -0.165. The minimum atomic E-state index is -4.70. The van der Waals surface area contributed by atoms with Gasteiger partial charge in [0.25, 0.3) is 5.91 Å². The van der Waals surface area contributed by atoms with Crippen LogP contribution in [0.5, 0.6) is 5.75 Å². The molecule has 4 atom stereocenters. The Kier molecular flexibility index (Phi) is 6.60. The summed E-state index contributed by atoms with van der Waals surface area (Å²) in [7, 11) is 1.06. The number of ether oxygens (including phenoxy) is 1. The van der Waals surface area contributed by atoms with Gasteiger partial charge in [0.05, 0.1) is 12.4 Å². The predicted molar refractivity (Wildman–Crippen MR) is 112 cm³/mol. The summed E-state index contributed by atoms with van der Waals surface area (Å²) in [4.78, 5) is 28.2. The van der Waals surface area contributed by atoms with Gasteiger partial charge in [0.15, 0.2) is 11.6 Å². The molecule has 1 aliphatic rings. The first-order valence-corrected chi connectivity index (χ1v) is 10.5. The van der Waals surface area contributed by atoms with E-state index in [1.807, 2.05) is 0 Å². The number of benzene rings is 1. The maximum atomic E-state index is 14.4. The number of carbonyl (C=O) groups is 2. The molecule has 1 fully saturated rings. The number of hydrogen-bond donors (Lipinski definition) is 2. The van der Waals surface area contributed by atoms with E-state index in [9.17, 15) is 31.5 Å². The maximum absolute atomic E-state index is 14.4. The highest BCUT2D eigenvalue weighted by Crippen LogP contribution is 2.62. The molecule has 0 aliphatic carbocycles. The van der Waals surface area contributed by atoms with Crippen molar-refractivity contribution in [2.75, 3.05) is 12.4 Å². The topological polar surface area (TPSA) is 94.3 Å². The Hall–Kier alpha value is -2.89. The summed E-state index contributed by atoms with van der Waals surface area (Å²) in [5, 5.41) is 1.12. The third-order valence-electron chi connectivity index (χ3n) is 5.85. The molecule has 1 aromatic heterocycles. The van der Waals surface area contributed by atoms with E-state index < -0.39 is 57.2 Å². The Bertz CT molecular complexity index is 1100. The highest BCUT2D eigenvalue weighted by molar-refractivity contribution is 8.02. The molecule has 1 aliphatic heterocycles. The number of nitrogens with one attached hydrogen (secondary N) is 1. The van der Waals surface area contributed by atoms with Gasteiger partial charge in [-0.2, -0.15) is 17.6 Å². The molecular weight excluding hydrogens is 469 g/mol. The Labute approximate surface area is 190 Å². The second-order valence-corrected chi connectivity index (χ2v) is 9.32. The number of nitrogens with two attached hydrogens (primary N) is 1. The number of hydrogen-bond acceptors (Lipinski definition) is 5. The van der Waals surface area contributed by atoms with E-state index >= 15 is 0 Å². The average Bonchev–Trinajstić information content (AvgIpc) is 3.02. The molecule has 6 nitrogen and oxygen atoms in total. The number of anilines is 1. The number of primary amides is 1. The second-order valence-electron chi connectivity index (χ2n) is 7.72. The van der Waals surface area contributed by atoms with Crippen LogP contribution in [0.15, 0.2) is 30.5 Å². The van der Waals surface area contributed by atoms with Gasteiger partial charge >= 0.3 is 6.18 Å². The molecule has 0 bridgehead atoms. The van der Waals surface area contributed by atoms with Crippen LogP contribution in [-0.4, -0.2) is 40.1 Å². The largest absolute Gasteiger partial charge is 0.493 e. The minimum Gasteiger partial charge on any atom is -0.493 e. The van der Waals surface area contributed by atoms with Crippen LogP contribution in [0.1, 0.15) is 35.8 Å². The first kappa shape index (κ1) is 24.7. The number of carbonyl (C=O) groups excluding carboxylic acids is 2. The van der Waals surface area contributed by atoms with Gasteiger partial charge in [-0.15, -0.1) is 11.8 Å². The lowest BCUT2D eigenvalue weighted by Crippen LogP contribution is -2.42. The molecule has 12 heteroatoms. The van der Waals surface area contributed by atoms with Crippen molar-refractivity contribution in [2.24, 2.45) is 11.7 Å². The van der Waals surface area contributed by atoms with Gasteiger partial charge in [0.1, 0.15) is 10.4 Å². The summed E-state index contributed by atoms with van der Waals surface area (Å²) in [6.45, 7) is 2.27. The summed E-state index contributed by atoms with van der Waals surface area (Å²) < 4.78 is 72.8. The summed E-state index contributed by atoms with van der Waals surface area (Å²) >= 11 is 0.382. The molecule has 2 aromatic rings. The standard InChI is InChI=1S/C21H20F5N3O3S/c1-9-14(11-4-5-12(22)15(23)16(11)32-3)17(33-20(9,2)21(24,25)26)19(31)29-10-6-7-28-13(8-10)18(27)30/h4-9,14,17H,1-3H3,(H2,27,30)(H,28,29,31)/t9-,14-,17+,20+/m0/s1. The number of aromatic nitrogens is 1. The van der Waals surface area contributed by atoms with Gasteiger partial charge in [-0.1, -0.05) is 13.0 Å². The van der Waals surface area contributed by atoms with Gasteiger partial charge in [-0.3, -0.25) is 14.6 Å². The van der Waals surface area contributed by atoms with Gasteiger partial charge in [0.2, 0.25) is 11.7 Å². The lowest BCUT2D eigenvalue weighted by atomic mass is 9.77. The van der Waals surface area contributed by atoms with E-state index in [1.165, 1.54) is 25.3 Å². The minimum absolute atomic E-state index is 0.0583. The highest BCUT2D eigenvalue weighted by Gasteiger charge is 2.65. The Morgan fingerprint density at radius 2 is 1.91 bits per heavy atom. The van der Waals surface area contributed by atoms with Crippen molar-refractivity contribution in [1.29, 1.82) is 0 Å². The van der Waals surface area contributed by atoms with E-state index in [0.717, 1.165) is 26.2 Å². The van der Waals surface area contributed by atoms with E-state index in [1.54, 1.807) is 0 Å². The van der Waals surface area contributed by atoms with Crippen molar-refractivity contribution in [3.63, 3.8) is 0 Å². The van der Waals surface area contributed by atoms with Crippen LogP contribution in [-0.2, 0) is 4.79 Å². The normalized spacial score (nSPS) is 25.0. The molecular formula is C21H20F5N3O3S. The van der Waals surface area contributed by atoms with Crippen molar-refractivity contribution in [3.8, 4) is 5.75 Å². The van der Waals surface area contributed by atoms with Gasteiger partial charge in [-0.05, 0) is 31.0 Å². The fourth-order valence-electron chi connectivity index (χ4n) is 3.90.